The Labute approximate surface area is 91.5 Å². The Kier molecular flexibility index (Phi) is 4.04. The molecule has 78 valence electrons. The summed E-state index contributed by atoms with van der Waals surface area (Å²) in [6.07, 6.45) is 1.83. The van der Waals surface area contributed by atoms with Crippen LogP contribution in [0.5, 0.6) is 0 Å². The van der Waals surface area contributed by atoms with E-state index in [0.717, 1.165) is 11.1 Å². The molecule has 1 heterocycles. The van der Waals surface area contributed by atoms with Crippen molar-refractivity contribution in [3.63, 3.8) is 0 Å². The minimum Gasteiger partial charge on any atom is -0.256 e. The summed E-state index contributed by atoms with van der Waals surface area (Å²) in [5.74, 6) is 0. The zero-order valence-electron chi connectivity index (χ0n) is 9.62. The maximum atomic E-state index is 4.28. The number of para-hydroxylation sites is 1. The first-order chi connectivity index (χ1) is 7.29. The summed E-state index contributed by atoms with van der Waals surface area (Å²) in [5.41, 5.74) is 3.30. The second-order valence-electron chi connectivity index (χ2n) is 3.16. The molecule has 0 radical (unpaired) electrons. The third kappa shape index (κ3) is 2.44. The van der Waals surface area contributed by atoms with Gasteiger partial charge in [0.2, 0.25) is 0 Å². The van der Waals surface area contributed by atoms with E-state index in [-0.39, 0.29) is 0 Å². The highest BCUT2D eigenvalue weighted by atomic mass is 14.6. The molecule has 0 fully saturated rings. The number of hydrogen-bond acceptors (Lipinski definition) is 1. The molecule has 2 aromatic rings. The predicted molar refractivity (Wildman–Crippen MR) is 67.8 cm³/mol. The van der Waals surface area contributed by atoms with Crippen molar-refractivity contribution in [3.8, 4) is 0 Å². The van der Waals surface area contributed by atoms with Crippen molar-refractivity contribution >= 4 is 16.5 Å². The number of pyridine rings is 1. The number of fused-ring (bicyclic) bond motifs is 1. The van der Waals surface area contributed by atoms with Crippen LogP contribution >= 0.6 is 0 Å². The maximum absolute atomic E-state index is 4.28. The highest BCUT2D eigenvalue weighted by molar-refractivity contribution is 5.90. The molecule has 1 aromatic carbocycles. The molecule has 0 aliphatic carbocycles. The number of aromatic nitrogens is 1. The van der Waals surface area contributed by atoms with E-state index in [0.29, 0.717) is 0 Å². The van der Waals surface area contributed by atoms with E-state index in [1.807, 2.05) is 51.2 Å². The molecule has 0 spiro atoms. The van der Waals surface area contributed by atoms with E-state index in [9.17, 15) is 0 Å². The van der Waals surface area contributed by atoms with Crippen molar-refractivity contribution in [2.45, 2.75) is 20.8 Å². The average Bonchev–Trinajstić information content (AvgIpc) is 2.31. The van der Waals surface area contributed by atoms with Crippen LogP contribution in [0.2, 0.25) is 0 Å². The molecule has 15 heavy (non-hydrogen) atoms. The number of benzene rings is 1. The van der Waals surface area contributed by atoms with E-state index in [2.05, 4.69) is 17.6 Å². The Bertz CT molecular complexity index is 452. The molecule has 1 nitrogen and oxygen atoms in total. The van der Waals surface area contributed by atoms with Gasteiger partial charge in [0.15, 0.2) is 0 Å². The Balaban J connectivity index is 0.000000531. The first-order valence-electron chi connectivity index (χ1n) is 5.28. The lowest BCUT2D eigenvalue weighted by molar-refractivity contribution is 1.40. The minimum atomic E-state index is 1.03. The molecule has 0 amide bonds. The quantitative estimate of drug-likeness (QED) is 0.667. The molecular formula is C14H17N. The van der Waals surface area contributed by atoms with Crippen LogP contribution in [-0.2, 0) is 0 Å². The molecule has 0 unspecified atom stereocenters. The van der Waals surface area contributed by atoms with E-state index in [1.54, 1.807) is 0 Å². The summed E-state index contributed by atoms with van der Waals surface area (Å²) in [4.78, 5) is 4.28. The van der Waals surface area contributed by atoms with Gasteiger partial charge in [-0.05, 0) is 24.6 Å². The van der Waals surface area contributed by atoms with Gasteiger partial charge in [-0.3, -0.25) is 4.98 Å². The average molecular weight is 199 g/mol. The monoisotopic (exact) mass is 199 g/mol. The predicted octanol–water partition coefficient (Wildman–Crippen LogP) is 4.29. The highest BCUT2D eigenvalue weighted by Crippen LogP contribution is 2.21. The molecule has 0 bridgehead atoms. The number of rotatable bonds is 1. The van der Waals surface area contributed by atoms with Crippen molar-refractivity contribution in [3.05, 3.63) is 48.7 Å². The molecule has 0 N–H and O–H groups in total. The third-order valence-electron chi connectivity index (χ3n) is 2.11. The number of hydrogen-bond donors (Lipinski definition) is 0. The molecule has 0 aliphatic heterocycles. The summed E-state index contributed by atoms with van der Waals surface area (Å²) >= 11 is 0. The third-order valence-corrected chi connectivity index (χ3v) is 2.11. The molecule has 0 saturated heterocycles. The van der Waals surface area contributed by atoms with E-state index < -0.39 is 0 Å². The first-order valence-corrected chi connectivity index (χ1v) is 5.28. The summed E-state index contributed by atoms with van der Waals surface area (Å²) in [7, 11) is 0. The fourth-order valence-corrected chi connectivity index (χ4v) is 1.47. The summed E-state index contributed by atoms with van der Waals surface area (Å²) < 4.78 is 0. The molecule has 0 aliphatic rings. The van der Waals surface area contributed by atoms with Crippen LogP contribution < -0.4 is 0 Å². The Hall–Kier alpha value is -1.63. The Morgan fingerprint density at radius 2 is 1.80 bits per heavy atom. The fourth-order valence-electron chi connectivity index (χ4n) is 1.47. The van der Waals surface area contributed by atoms with Crippen molar-refractivity contribution in [1.29, 1.82) is 0 Å². The second kappa shape index (κ2) is 5.30. The van der Waals surface area contributed by atoms with Gasteiger partial charge >= 0.3 is 0 Å². The molecule has 0 saturated carbocycles. The fraction of sp³-hybridized carbons (Fsp3) is 0.214. The van der Waals surface area contributed by atoms with Crippen LogP contribution in [0, 0.1) is 0 Å². The van der Waals surface area contributed by atoms with E-state index in [4.69, 9.17) is 0 Å². The van der Waals surface area contributed by atoms with Gasteiger partial charge < -0.3 is 0 Å². The smallest absolute Gasteiger partial charge is 0.0708 e. The van der Waals surface area contributed by atoms with Crippen LogP contribution in [0.3, 0.4) is 0 Å². The summed E-state index contributed by atoms with van der Waals surface area (Å²) in [6.45, 7) is 9.96. The molecule has 0 atom stereocenters. The highest BCUT2D eigenvalue weighted by Gasteiger charge is 1.99. The van der Waals surface area contributed by atoms with Crippen LogP contribution in [-0.4, -0.2) is 4.98 Å². The van der Waals surface area contributed by atoms with Gasteiger partial charge in [-0.1, -0.05) is 44.2 Å². The van der Waals surface area contributed by atoms with Crippen LogP contribution in [0.25, 0.3) is 16.5 Å². The maximum Gasteiger partial charge on any atom is 0.0708 e. The molecular weight excluding hydrogens is 182 g/mol. The normalized spacial score (nSPS) is 9.27. The Morgan fingerprint density at radius 3 is 2.47 bits per heavy atom. The van der Waals surface area contributed by atoms with Crippen LogP contribution in [0.4, 0.5) is 0 Å². The summed E-state index contributed by atoms with van der Waals surface area (Å²) in [5, 5.41) is 1.18. The zero-order valence-corrected chi connectivity index (χ0v) is 9.62. The molecule has 1 aromatic heterocycles. The van der Waals surface area contributed by atoms with Gasteiger partial charge in [0, 0.05) is 11.6 Å². The molecule has 1 heteroatoms. The minimum absolute atomic E-state index is 1.03. The summed E-state index contributed by atoms with van der Waals surface area (Å²) in [6, 6.07) is 10.1. The van der Waals surface area contributed by atoms with Crippen LogP contribution in [0.1, 0.15) is 26.3 Å². The van der Waals surface area contributed by atoms with Crippen molar-refractivity contribution < 1.29 is 0 Å². The number of nitrogens with zero attached hydrogens (tertiary/aromatic N) is 1. The van der Waals surface area contributed by atoms with E-state index >= 15 is 0 Å². The zero-order chi connectivity index (χ0) is 11.3. The number of allylic oxidation sites excluding steroid dienone is 1. The lowest BCUT2D eigenvalue weighted by atomic mass is 10.0. The van der Waals surface area contributed by atoms with E-state index in [1.165, 1.54) is 10.9 Å². The van der Waals surface area contributed by atoms with Crippen LogP contribution in [0.15, 0.2) is 43.1 Å². The lowest BCUT2D eigenvalue weighted by Crippen LogP contribution is -1.84. The van der Waals surface area contributed by atoms with Gasteiger partial charge in [0.05, 0.1) is 5.52 Å². The SMILES string of the molecule is C=C(C)c1ccnc2ccccc12.CC. The van der Waals surface area contributed by atoms with Crippen molar-refractivity contribution in [2.75, 3.05) is 0 Å². The largest absolute Gasteiger partial charge is 0.256 e. The Morgan fingerprint density at radius 1 is 1.13 bits per heavy atom. The van der Waals surface area contributed by atoms with Gasteiger partial charge in [-0.15, -0.1) is 0 Å². The van der Waals surface area contributed by atoms with Gasteiger partial charge in [0.1, 0.15) is 0 Å². The molecule has 2 rings (SSSR count). The van der Waals surface area contributed by atoms with Gasteiger partial charge in [0.25, 0.3) is 0 Å². The lowest BCUT2D eigenvalue weighted by Gasteiger charge is -2.03. The van der Waals surface area contributed by atoms with Crippen molar-refractivity contribution in [1.82, 2.24) is 4.98 Å². The topological polar surface area (TPSA) is 12.9 Å². The first kappa shape index (κ1) is 11.4. The van der Waals surface area contributed by atoms with Gasteiger partial charge in [-0.2, -0.15) is 0 Å². The standard InChI is InChI=1S/C12H11N.C2H6/c1-9(2)10-7-8-13-12-6-4-3-5-11(10)12;1-2/h3-8H,1H2,2H3;1-2H3. The second-order valence-corrected chi connectivity index (χ2v) is 3.16. The van der Waals surface area contributed by atoms with Gasteiger partial charge in [-0.25, -0.2) is 0 Å². The van der Waals surface area contributed by atoms with Crippen molar-refractivity contribution in [2.24, 2.45) is 0 Å².